The molecule has 1 aromatic carbocycles. The molecule has 1 saturated heterocycles. The average Bonchev–Trinajstić information content (AvgIpc) is 3.52. The maximum absolute atomic E-state index is 14.4. The van der Waals surface area contributed by atoms with Crippen LogP contribution in [-0.2, 0) is 0 Å². The highest BCUT2D eigenvalue weighted by atomic mass is 19.4. The molecule has 2 N–H and O–H groups in total. The molecule has 1 aliphatic carbocycles. The van der Waals surface area contributed by atoms with Crippen LogP contribution in [0.2, 0.25) is 0 Å². The number of aliphatic hydroxyl groups excluding tert-OH is 1. The molecule has 1 amide bonds. The van der Waals surface area contributed by atoms with Crippen LogP contribution in [0.25, 0.3) is 0 Å². The van der Waals surface area contributed by atoms with E-state index < -0.39 is 35.9 Å². The average molecular weight is 511 g/mol. The Morgan fingerprint density at radius 3 is 2.40 bits per heavy atom. The van der Waals surface area contributed by atoms with Gasteiger partial charge in [-0.25, -0.2) is 4.39 Å². The number of rotatable bonds is 10. The Labute approximate surface area is 200 Å². The minimum absolute atomic E-state index is 0.152. The molecule has 2 aliphatic rings. The van der Waals surface area contributed by atoms with Crippen molar-refractivity contribution in [2.75, 3.05) is 32.8 Å². The first-order valence-corrected chi connectivity index (χ1v) is 11.7. The minimum Gasteiger partial charge on any atom is -0.493 e. The number of nitrogens with one attached hydrogen (secondary N) is 1. The first kappa shape index (κ1) is 27.6. The summed E-state index contributed by atoms with van der Waals surface area (Å²) in [7, 11) is 0. The van der Waals surface area contributed by atoms with Crippen molar-refractivity contribution in [3.05, 3.63) is 29.6 Å². The number of nitrogens with zero attached hydrogens (tertiary/aromatic N) is 1. The third kappa shape index (κ3) is 7.25. The minimum atomic E-state index is -5.53. The van der Waals surface area contributed by atoms with Crippen molar-refractivity contribution in [2.45, 2.75) is 57.2 Å². The van der Waals surface area contributed by atoms with E-state index in [1.54, 1.807) is 13.8 Å². The van der Waals surface area contributed by atoms with Gasteiger partial charge in [0.1, 0.15) is 11.6 Å². The highest BCUT2D eigenvalue weighted by Gasteiger charge is 2.58. The normalized spacial score (nSPS) is 22.2. The zero-order valence-corrected chi connectivity index (χ0v) is 19.8. The number of amides is 1. The predicted octanol–water partition coefficient (Wildman–Crippen LogP) is 4.64. The van der Waals surface area contributed by atoms with E-state index in [0.717, 1.165) is 18.9 Å². The number of hydrogen-bond acceptors (Lipinski definition) is 4. The largest absolute Gasteiger partial charge is 0.493 e. The lowest BCUT2D eigenvalue weighted by Crippen LogP contribution is -2.49. The first-order valence-electron chi connectivity index (χ1n) is 11.7. The summed E-state index contributed by atoms with van der Waals surface area (Å²) in [6.45, 7) is 2.44. The smallest absolute Gasteiger partial charge is 0.454 e. The van der Waals surface area contributed by atoms with Gasteiger partial charge in [-0.1, -0.05) is 0 Å². The Morgan fingerprint density at radius 1 is 1.17 bits per heavy atom. The summed E-state index contributed by atoms with van der Waals surface area (Å²) in [6, 6.07) is 3.96. The summed E-state index contributed by atoms with van der Waals surface area (Å²) in [4.78, 5) is 13.4. The number of ether oxygens (including phenoxy) is 1. The van der Waals surface area contributed by atoms with Crippen molar-refractivity contribution in [3.63, 3.8) is 0 Å². The Hall–Kier alpha value is -2.01. The Bertz CT molecular complexity index is 885. The number of piperidine rings is 1. The third-order valence-corrected chi connectivity index (χ3v) is 6.84. The lowest BCUT2D eigenvalue weighted by molar-refractivity contribution is -0.287. The van der Waals surface area contributed by atoms with Gasteiger partial charge in [-0.15, -0.1) is 0 Å². The predicted molar refractivity (Wildman–Crippen MR) is 117 cm³/mol. The van der Waals surface area contributed by atoms with Crippen molar-refractivity contribution in [3.8, 4) is 5.75 Å². The Morgan fingerprint density at radius 2 is 1.83 bits per heavy atom. The highest BCUT2D eigenvalue weighted by Crippen LogP contribution is 2.50. The fourth-order valence-corrected chi connectivity index (χ4v) is 4.60. The third-order valence-electron chi connectivity index (χ3n) is 6.84. The zero-order chi connectivity index (χ0) is 26.0. The van der Waals surface area contributed by atoms with Crippen molar-refractivity contribution in [1.29, 1.82) is 0 Å². The van der Waals surface area contributed by atoms with E-state index in [2.05, 4.69) is 5.32 Å². The number of carbonyl (C=O) groups excluding carboxylic acids is 1. The SMILES string of the molecule is CC(C)(CO)NC(=O)c1ccc(OCCC2C[C@@H]2C2CCN(CC(F)(F)C(F)(F)F)CC2)cc1F. The fraction of sp³-hybridized carbons (Fsp3) is 0.708. The van der Waals surface area contributed by atoms with Gasteiger partial charge in [0.2, 0.25) is 0 Å². The lowest BCUT2D eigenvalue weighted by atomic mass is 9.90. The zero-order valence-electron chi connectivity index (χ0n) is 19.8. The number of aliphatic hydroxyl groups is 1. The van der Waals surface area contributed by atoms with Gasteiger partial charge in [0.25, 0.3) is 5.91 Å². The molecule has 1 unspecified atom stereocenters. The molecule has 2 fully saturated rings. The van der Waals surface area contributed by atoms with Crippen LogP contribution < -0.4 is 10.1 Å². The number of alkyl halides is 5. The number of benzene rings is 1. The number of halogens is 6. The van der Waals surface area contributed by atoms with Crippen molar-refractivity contribution < 1.29 is 41.0 Å². The maximum atomic E-state index is 14.4. The van der Waals surface area contributed by atoms with Crippen LogP contribution in [-0.4, -0.2) is 66.4 Å². The molecule has 1 heterocycles. The fourth-order valence-electron chi connectivity index (χ4n) is 4.60. The van der Waals surface area contributed by atoms with Gasteiger partial charge >= 0.3 is 12.1 Å². The van der Waals surface area contributed by atoms with E-state index in [9.17, 15) is 36.2 Å². The van der Waals surface area contributed by atoms with Gasteiger partial charge in [0.15, 0.2) is 0 Å². The van der Waals surface area contributed by atoms with Crippen LogP contribution in [0.1, 0.15) is 49.9 Å². The van der Waals surface area contributed by atoms with E-state index in [-0.39, 0.29) is 31.0 Å². The molecule has 5 nitrogen and oxygen atoms in total. The molecule has 1 aromatic rings. The van der Waals surface area contributed by atoms with Crippen molar-refractivity contribution >= 4 is 5.91 Å². The van der Waals surface area contributed by atoms with Gasteiger partial charge < -0.3 is 15.2 Å². The quantitative estimate of drug-likeness (QED) is 0.451. The summed E-state index contributed by atoms with van der Waals surface area (Å²) < 4.78 is 83.7. The molecule has 1 aliphatic heterocycles. The van der Waals surface area contributed by atoms with E-state index in [0.29, 0.717) is 37.2 Å². The van der Waals surface area contributed by atoms with Gasteiger partial charge in [0.05, 0.1) is 30.9 Å². The van der Waals surface area contributed by atoms with Gasteiger partial charge in [-0.05, 0) is 82.5 Å². The van der Waals surface area contributed by atoms with E-state index in [1.807, 2.05) is 0 Å². The maximum Gasteiger partial charge on any atom is 0.454 e. The molecule has 0 radical (unpaired) electrons. The summed E-state index contributed by atoms with van der Waals surface area (Å²) in [5.41, 5.74) is -1.04. The van der Waals surface area contributed by atoms with Crippen molar-refractivity contribution in [2.24, 2.45) is 17.8 Å². The molecule has 198 valence electrons. The summed E-state index contributed by atoms with van der Waals surface area (Å²) >= 11 is 0. The second kappa shape index (κ2) is 10.5. The van der Waals surface area contributed by atoms with Crippen LogP contribution in [0.3, 0.4) is 0 Å². The molecule has 35 heavy (non-hydrogen) atoms. The molecular weight excluding hydrogens is 478 g/mol. The molecular formula is C24H32F6N2O3. The van der Waals surface area contributed by atoms with Gasteiger partial charge in [-0.3, -0.25) is 9.69 Å². The van der Waals surface area contributed by atoms with Crippen LogP contribution >= 0.6 is 0 Å². The first-order chi connectivity index (χ1) is 16.2. The van der Waals surface area contributed by atoms with Gasteiger partial charge in [-0.2, -0.15) is 22.0 Å². The number of hydrogen-bond donors (Lipinski definition) is 2. The molecule has 0 bridgehead atoms. The highest BCUT2D eigenvalue weighted by molar-refractivity contribution is 5.95. The second-order valence-corrected chi connectivity index (χ2v) is 10.3. The van der Waals surface area contributed by atoms with E-state index in [4.69, 9.17) is 4.74 Å². The summed E-state index contributed by atoms with van der Waals surface area (Å²) in [5.74, 6) is -4.69. The lowest BCUT2D eigenvalue weighted by Gasteiger charge is -2.34. The van der Waals surface area contributed by atoms with Crippen molar-refractivity contribution in [1.82, 2.24) is 10.2 Å². The topological polar surface area (TPSA) is 61.8 Å². The molecule has 0 spiro atoms. The molecule has 0 aromatic heterocycles. The monoisotopic (exact) mass is 510 g/mol. The molecule has 1 saturated carbocycles. The van der Waals surface area contributed by atoms with Crippen LogP contribution in [0, 0.1) is 23.6 Å². The number of likely N-dealkylation sites (tertiary alicyclic amines) is 1. The number of carbonyl (C=O) groups is 1. The Kier molecular flexibility index (Phi) is 8.30. The summed E-state index contributed by atoms with van der Waals surface area (Å²) in [5, 5.41) is 11.8. The standard InChI is InChI=1S/C24H32F6N2O3/c1-22(2,14-33)31-21(34)18-4-3-17(12-20(18)25)35-10-7-16-11-19(16)15-5-8-32(9-6-15)13-23(26,27)24(28,29)30/h3-4,12,15-16,19,33H,5-11,13-14H2,1-2H3,(H,31,34)/t16?,19-/m1/s1. The van der Waals surface area contributed by atoms with Crippen LogP contribution in [0.4, 0.5) is 26.3 Å². The molecule has 2 atom stereocenters. The molecule has 3 rings (SSSR count). The van der Waals surface area contributed by atoms with E-state index >= 15 is 0 Å². The van der Waals surface area contributed by atoms with Gasteiger partial charge in [0, 0.05) is 6.07 Å². The summed E-state index contributed by atoms with van der Waals surface area (Å²) in [6.07, 6.45) is -2.65. The van der Waals surface area contributed by atoms with E-state index in [1.165, 1.54) is 17.0 Å². The Balaban J connectivity index is 1.38. The van der Waals surface area contributed by atoms with Crippen LogP contribution in [0.15, 0.2) is 18.2 Å². The second-order valence-electron chi connectivity index (χ2n) is 10.3. The van der Waals surface area contributed by atoms with Crippen LogP contribution in [0.5, 0.6) is 5.75 Å². The molecule has 11 heteroatoms.